The van der Waals surface area contributed by atoms with Gasteiger partial charge in [-0.25, -0.2) is 9.18 Å². The molecule has 0 bridgehead atoms. The van der Waals surface area contributed by atoms with Gasteiger partial charge in [-0.2, -0.15) is 0 Å². The molecule has 6 nitrogen and oxygen atoms in total. The lowest BCUT2D eigenvalue weighted by atomic mass is 9.95. The SMILES string of the molecule is COC(=O)c1c2c(c(O[Si](C(C)C)(C(C)C)C(C)C)c3ncc(Cc4ccc(F)cc4)cc13)C(=O)N(C)C2. The quantitative estimate of drug-likeness (QED) is 0.232. The molecule has 0 N–H and O–H groups in total. The molecule has 0 aliphatic carbocycles. The minimum Gasteiger partial charge on any atom is -0.541 e. The van der Waals surface area contributed by atoms with E-state index >= 15 is 0 Å². The van der Waals surface area contributed by atoms with E-state index in [9.17, 15) is 14.0 Å². The number of benzene rings is 2. The number of fused-ring (bicyclic) bond motifs is 2. The smallest absolute Gasteiger partial charge is 0.338 e. The van der Waals surface area contributed by atoms with Gasteiger partial charge in [0, 0.05) is 30.7 Å². The van der Waals surface area contributed by atoms with E-state index in [-0.39, 0.29) is 34.9 Å². The van der Waals surface area contributed by atoms with Crippen molar-refractivity contribution < 1.29 is 23.1 Å². The normalized spacial score (nSPS) is 13.7. The van der Waals surface area contributed by atoms with Crippen LogP contribution in [0.25, 0.3) is 10.9 Å². The number of hydrogen-bond acceptors (Lipinski definition) is 5. The first-order valence-corrected chi connectivity index (χ1v) is 15.3. The maximum atomic E-state index is 13.5. The van der Waals surface area contributed by atoms with Crippen LogP contribution in [-0.4, -0.2) is 44.2 Å². The highest BCUT2D eigenvalue weighted by atomic mass is 28.4. The van der Waals surface area contributed by atoms with E-state index < -0.39 is 14.3 Å². The summed E-state index contributed by atoms with van der Waals surface area (Å²) in [4.78, 5) is 33.1. The van der Waals surface area contributed by atoms with Crippen molar-refractivity contribution in [2.45, 2.75) is 71.1 Å². The summed E-state index contributed by atoms with van der Waals surface area (Å²) in [6.07, 6.45) is 2.26. The molecule has 2 heterocycles. The molecule has 1 amide bonds. The van der Waals surface area contributed by atoms with Gasteiger partial charge in [-0.05, 0) is 52.4 Å². The second-order valence-corrected chi connectivity index (χ2v) is 16.5. The largest absolute Gasteiger partial charge is 0.541 e. The number of carbonyl (C=O) groups is 2. The molecule has 0 radical (unpaired) electrons. The first kappa shape index (κ1) is 27.8. The van der Waals surface area contributed by atoms with Crippen molar-refractivity contribution in [3.05, 3.63) is 70.2 Å². The summed E-state index contributed by atoms with van der Waals surface area (Å²) in [5.74, 6) is -0.508. The van der Waals surface area contributed by atoms with Crippen LogP contribution in [0.5, 0.6) is 5.75 Å². The molecule has 0 spiro atoms. The van der Waals surface area contributed by atoms with E-state index in [1.807, 2.05) is 6.07 Å². The van der Waals surface area contributed by atoms with Gasteiger partial charge in [-0.1, -0.05) is 53.7 Å². The van der Waals surface area contributed by atoms with Crippen LogP contribution in [0, 0.1) is 5.82 Å². The Bertz CT molecular complexity index is 1360. The van der Waals surface area contributed by atoms with Crippen LogP contribution in [0.3, 0.4) is 0 Å². The zero-order valence-electron chi connectivity index (χ0n) is 23.5. The van der Waals surface area contributed by atoms with Crippen molar-refractivity contribution in [2.24, 2.45) is 0 Å². The van der Waals surface area contributed by atoms with E-state index in [0.29, 0.717) is 39.8 Å². The molecule has 1 aliphatic heterocycles. The molecule has 8 heteroatoms. The molecule has 38 heavy (non-hydrogen) atoms. The first-order chi connectivity index (χ1) is 17.9. The predicted molar refractivity (Wildman–Crippen MR) is 150 cm³/mol. The summed E-state index contributed by atoms with van der Waals surface area (Å²) in [5.41, 5.74) is 4.49. The average molecular weight is 537 g/mol. The summed E-state index contributed by atoms with van der Waals surface area (Å²) in [5, 5.41) is 0.604. The number of rotatable bonds is 8. The molecule has 2 aromatic carbocycles. The molecule has 202 valence electrons. The minimum absolute atomic E-state index is 0.182. The number of aromatic nitrogens is 1. The summed E-state index contributed by atoms with van der Waals surface area (Å²) >= 11 is 0. The molecule has 1 aliphatic rings. The minimum atomic E-state index is -2.48. The van der Waals surface area contributed by atoms with Gasteiger partial charge in [0.05, 0.1) is 18.2 Å². The van der Waals surface area contributed by atoms with Gasteiger partial charge in [0.25, 0.3) is 14.2 Å². The molecule has 4 rings (SSSR count). The number of methoxy groups -OCH3 is 1. The van der Waals surface area contributed by atoms with Crippen LogP contribution >= 0.6 is 0 Å². The van der Waals surface area contributed by atoms with E-state index in [1.54, 1.807) is 30.3 Å². The monoisotopic (exact) mass is 536 g/mol. The first-order valence-electron chi connectivity index (χ1n) is 13.2. The third-order valence-electron chi connectivity index (χ3n) is 7.91. The van der Waals surface area contributed by atoms with Gasteiger partial charge < -0.3 is 14.1 Å². The molecule has 3 aromatic rings. The van der Waals surface area contributed by atoms with Gasteiger partial charge in [0.2, 0.25) is 0 Å². The Kier molecular flexibility index (Phi) is 7.66. The number of amides is 1. The Hall–Kier alpha value is -3.26. The predicted octanol–water partition coefficient (Wildman–Crippen LogP) is 6.89. The highest BCUT2D eigenvalue weighted by Crippen LogP contribution is 2.47. The number of esters is 1. The van der Waals surface area contributed by atoms with E-state index in [1.165, 1.54) is 19.2 Å². The van der Waals surface area contributed by atoms with Crippen molar-refractivity contribution in [1.82, 2.24) is 9.88 Å². The van der Waals surface area contributed by atoms with Crippen LogP contribution in [0.4, 0.5) is 4.39 Å². The Balaban J connectivity index is 2.02. The average Bonchev–Trinajstić information content (AvgIpc) is 3.15. The van der Waals surface area contributed by atoms with Gasteiger partial charge in [-0.3, -0.25) is 9.78 Å². The molecule has 0 fully saturated rings. The highest BCUT2D eigenvalue weighted by molar-refractivity contribution is 6.78. The Morgan fingerprint density at radius 1 is 1.05 bits per heavy atom. The van der Waals surface area contributed by atoms with Crippen molar-refractivity contribution in [3.8, 4) is 5.75 Å². The number of carbonyl (C=O) groups excluding carboxylic acids is 2. The standard InChI is InChI=1S/C30H37FN2O4Si/c1-17(2)38(18(3)4,19(5)6)37-28-26-24(16-33(7)29(26)34)25(30(35)36-8)23-14-21(15-32-27(23)28)13-20-9-11-22(31)12-10-20/h9-12,14-15,17-19H,13,16H2,1-8H3. The Morgan fingerprint density at radius 3 is 2.21 bits per heavy atom. The zero-order valence-corrected chi connectivity index (χ0v) is 24.5. The lowest BCUT2D eigenvalue weighted by Crippen LogP contribution is -2.51. The summed E-state index contributed by atoms with van der Waals surface area (Å²) < 4.78 is 25.8. The van der Waals surface area contributed by atoms with Crippen LogP contribution in [0.2, 0.25) is 16.6 Å². The van der Waals surface area contributed by atoms with Crippen molar-refractivity contribution in [1.29, 1.82) is 0 Å². The van der Waals surface area contributed by atoms with E-state index in [0.717, 1.165) is 11.1 Å². The van der Waals surface area contributed by atoms with Crippen LogP contribution < -0.4 is 4.43 Å². The fraction of sp³-hybridized carbons (Fsp3) is 0.433. The number of hydrogen-bond donors (Lipinski definition) is 0. The van der Waals surface area contributed by atoms with Crippen molar-refractivity contribution in [3.63, 3.8) is 0 Å². The summed E-state index contributed by atoms with van der Waals surface area (Å²) in [6.45, 7) is 13.4. The van der Waals surface area contributed by atoms with Gasteiger partial charge in [-0.15, -0.1) is 0 Å². The fourth-order valence-corrected chi connectivity index (χ4v) is 11.5. The van der Waals surface area contributed by atoms with Gasteiger partial charge >= 0.3 is 5.97 Å². The second kappa shape index (κ2) is 10.5. The van der Waals surface area contributed by atoms with Crippen LogP contribution in [0.1, 0.15) is 78.9 Å². The second-order valence-electron chi connectivity index (χ2n) is 11.2. The molecule has 0 atom stereocenters. The molecule has 1 aromatic heterocycles. The third-order valence-corrected chi connectivity index (χ3v) is 13.9. The Labute approximate surface area is 225 Å². The van der Waals surface area contributed by atoms with Gasteiger partial charge in [0.1, 0.15) is 17.1 Å². The number of nitrogens with zero attached hydrogens (tertiary/aromatic N) is 2. The maximum absolute atomic E-state index is 13.5. The van der Waals surface area contributed by atoms with Crippen molar-refractivity contribution >= 4 is 31.1 Å². The molecular weight excluding hydrogens is 499 g/mol. The maximum Gasteiger partial charge on any atom is 0.338 e. The van der Waals surface area contributed by atoms with E-state index in [2.05, 4.69) is 41.5 Å². The summed E-state index contributed by atoms with van der Waals surface area (Å²) in [7, 11) is 0.593. The molecule has 0 saturated heterocycles. The van der Waals surface area contributed by atoms with Crippen LogP contribution in [0.15, 0.2) is 36.5 Å². The number of pyridine rings is 1. The van der Waals surface area contributed by atoms with Crippen LogP contribution in [-0.2, 0) is 17.7 Å². The highest BCUT2D eigenvalue weighted by Gasteiger charge is 2.49. The molecular formula is C30H37FN2O4Si. The fourth-order valence-electron chi connectivity index (χ4n) is 6.21. The number of ether oxygens (including phenoxy) is 1. The van der Waals surface area contributed by atoms with Crippen molar-refractivity contribution in [2.75, 3.05) is 14.2 Å². The summed E-state index contributed by atoms with van der Waals surface area (Å²) in [6, 6.07) is 8.26. The molecule has 0 unspecified atom stereocenters. The topological polar surface area (TPSA) is 68.7 Å². The van der Waals surface area contributed by atoms with E-state index in [4.69, 9.17) is 14.1 Å². The van der Waals surface area contributed by atoms with Gasteiger partial charge in [0.15, 0.2) is 0 Å². The third kappa shape index (κ3) is 4.59. The zero-order chi connectivity index (χ0) is 27.9. The lowest BCUT2D eigenvalue weighted by molar-refractivity contribution is 0.0600. The Morgan fingerprint density at radius 2 is 1.66 bits per heavy atom. The lowest BCUT2D eigenvalue weighted by Gasteiger charge is -2.42. The number of halogens is 1. The molecule has 0 saturated carbocycles.